The maximum Gasteiger partial charge on any atom is 0.230 e. The normalized spacial score (nSPS) is 15.2. The summed E-state index contributed by atoms with van der Waals surface area (Å²) in [5.74, 6) is 1.19. The van der Waals surface area contributed by atoms with Crippen LogP contribution in [0.3, 0.4) is 0 Å². The number of aryl methyl sites for hydroxylation is 1. The molecule has 32 heavy (non-hydrogen) atoms. The molecule has 0 saturated carbocycles. The first-order chi connectivity index (χ1) is 15.7. The number of hydrogen-bond acceptors (Lipinski definition) is 6. The van der Waals surface area contributed by atoms with Gasteiger partial charge in [-0.1, -0.05) is 60.2 Å². The van der Waals surface area contributed by atoms with Crippen LogP contribution in [0.2, 0.25) is 0 Å². The smallest absolute Gasteiger partial charge is 0.230 e. The van der Waals surface area contributed by atoms with E-state index < -0.39 is 0 Å². The highest BCUT2D eigenvalue weighted by Crippen LogP contribution is 2.32. The minimum Gasteiger partial charge on any atom is -0.438 e. The number of benzene rings is 2. The van der Waals surface area contributed by atoms with Gasteiger partial charge in [0.1, 0.15) is 12.1 Å². The van der Waals surface area contributed by atoms with Crippen molar-refractivity contribution in [1.29, 1.82) is 0 Å². The lowest BCUT2D eigenvalue weighted by atomic mass is 10.0. The van der Waals surface area contributed by atoms with Gasteiger partial charge in [-0.25, -0.2) is 9.97 Å². The van der Waals surface area contributed by atoms with Gasteiger partial charge in [0.15, 0.2) is 0 Å². The van der Waals surface area contributed by atoms with Gasteiger partial charge < -0.3 is 14.9 Å². The summed E-state index contributed by atoms with van der Waals surface area (Å²) in [6, 6.07) is 20.0. The van der Waals surface area contributed by atoms with E-state index in [9.17, 15) is 0 Å². The molecule has 2 aromatic heterocycles. The number of aliphatic imine (C=N–C) groups is 1. The molecule has 0 aliphatic carbocycles. The van der Waals surface area contributed by atoms with Crippen LogP contribution in [0.25, 0.3) is 33.7 Å². The Kier molecular flexibility index (Phi) is 5.52. The molecule has 1 saturated heterocycles. The molecule has 2 aromatic carbocycles. The summed E-state index contributed by atoms with van der Waals surface area (Å²) in [4.78, 5) is 13.6. The number of hydrogen-bond donors (Lipinski definition) is 1. The second-order valence-corrected chi connectivity index (χ2v) is 8.01. The lowest BCUT2D eigenvalue weighted by Crippen LogP contribution is -2.29. The van der Waals surface area contributed by atoms with E-state index in [4.69, 9.17) is 14.9 Å². The molecule has 160 valence electrons. The Bertz CT molecular complexity index is 1290. The zero-order valence-electron chi connectivity index (χ0n) is 17.9. The van der Waals surface area contributed by atoms with Crippen LogP contribution >= 0.6 is 0 Å². The number of nitrogens with zero attached hydrogens (tertiary/aromatic N) is 3. The maximum absolute atomic E-state index is 6.67. The third kappa shape index (κ3) is 4.05. The van der Waals surface area contributed by atoms with Crippen LogP contribution in [0.1, 0.15) is 16.8 Å². The molecule has 6 nitrogen and oxygen atoms in total. The minimum absolute atomic E-state index is 0.456. The van der Waals surface area contributed by atoms with Crippen LogP contribution < -0.4 is 5.73 Å². The van der Waals surface area contributed by atoms with Gasteiger partial charge in [0, 0.05) is 35.5 Å². The second kappa shape index (κ2) is 8.77. The zero-order chi connectivity index (χ0) is 21.9. The molecule has 1 aliphatic heterocycles. The molecule has 0 radical (unpaired) electrons. The third-order valence-corrected chi connectivity index (χ3v) is 5.59. The first-order valence-corrected chi connectivity index (χ1v) is 10.6. The van der Waals surface area contributed by atoms with E-state index in [-0.39, 0.29) is 0 Å². The fourth-order valence-electron chi connectivity index (χ4n) is 3.64. The molecule has 0 unspecified atom stereocenters. The monoisotopic (exact) mass is 424 g/mol. The van der Waals surface area contributed by atoms with E-state index in [1.807, 2.05) is 66.9 Å². The fourth-order valence-corrected chi connectivity index (χ4v) is 3.64. The maximum atomic E-state index is 6.67. The Balaban J connectivity index is 1.62. The van der Waals surface area contributed by atoms with E-state index >= 15 is 0 Å². The van der Waals surface area contributed by atoms with Crippen molar-refractivity contribution in [1.82, 2.24) is 9.97 Å². The average Bonchev–Trinajstić information content (AvgIpc) is 3.23. The van der Waals surface area contributed by atoms with Crippen molar-refractivity contribution < 1.29 is 9.15 Å². The Morgan fingerprint density at radius 2 is 1.88 bits per heavy atom. The fraction of sp³-hybridized carbons (Fsp3) is 0.192. The van der Waals surface area contributed by atoms with Crippen LogP contribution in [0.4, 0.5) is 0 Å². The van der Waals surface area contributed by atoms with Crippen molar-refractivity contribution in [2.75, 3.05) is 19.8 Å². The van der Waals surface area contributed by atoms with Crippen LogP contribution in [-0.4, -0.2) is 35.9 Å². The lowest BCUT2D eigenvalue weighted by molar-refractivity contribution is -0.0265. The molecule has 1 aliphatic rings. The molecule has 1 fully saturated rings. The number of furan rings is 1. The van der Waals surface area contributed by atoms with Gasteiger partial charge >= 0.3 is 0 Å². The van der Waals surface area contributed by atoms with Gasteiger partial charge in [0.25, 0.3) is 0 Å². The van der Waals surface area contributed by atoms with Gasteiger partial charge in [0.2, 0.25) is 5.71 Å². The second-order valence-electron chi connectivity index (χ2n) is 8.01. The lowest BCUT2D eigenvalue weighted by Gasteiger charge is -2.23. The van der Waals surface area contributed by atoms with E-state index in [1.54, 1.807) is 0 Å². The van der Waals surface area contributed by atoms with Crippen molar-refractivity contribution in [3.8, 4) is 11.3 Å². The molecule has 0 amide bonds. The third-order valence-electron chi connectivity index (χ3n) is 5.59. The molecule has 3 heterocycles. The molecule has 6 heteroatoms. The molecule has 0 spiro atoms. The van der Waals surface area contributed by atoms with Crippen molar-refractivity contribution in [3.05, 3.63) is 83.8 Å². The van der Waals surface area contributed by atoms with E-state index in [2.05, 4.69) is 21.9 Å². The molecular weight excluding hydrogens is 400 g/mol. The van der Waals surface area contributed by atoms with E-state index in [0.29, 0.717) is 29.6 Å². The summed E-state index contributed by atoms with van der Waals surface area (Å²) in [7, 11) is 0. The summed E-state index contributed by atoms with van der Waals surface area (Å²) in [5, 5.41) is 0.801. The number of rotatable bonds is 6. The van der Waals surface area contributed by atoms with E-state index in [1.165, 1.54) is 11.9 Å². The number of ether oxygens (including phenoxy) is 1. The van der Waals surface area contributed by atoms with Gasteiger partial charge in [-0.15, -0.1) is 0 Å². The van der Waals surface area contributed by atoms with E-state index in [0.717, 1.165) is 41.1 Å². The highest BCUT2D eigenvalue weighted by molar-refractivity contribution is 6.21. The predicted molar refractivity (Wildman–Crippen MR) is 127 cm³/mol. The predicted octanol–water partition coefficient (Wildman–Crippen LogP) is 4.74. The highest BCUT2D eigenvalue weighted by Gasteiger charge is 2.19. The minimum atomic E-state index is 0.456. The van der Waals surface area contributed by atoms with Crippen LogP contribution in [0, 0.1) is 12.8 Å². The molecule has 0 bridgehead atoms. The summed E-state index contributed by atoms with van der Waals surface area (Å²) in [6.07, 6.45) is 3.33. The van der Waals surface area contributed by atoms with Gasteiger partial charge in [-0.05, 0) is 18.6 Å². The Morgan fingerprint density at radius 1 is 1.09 bits per heavy atom. The highest BCUT2D eigenvalue weighted by atomic mass is 16.5. The molecule has 4 aromatic rings. The first kappa shape index (κ1) is 20.2. The molecule has 5 rings (SSSR count). The van der Waals surface area contributed by atoms with Crippen molar-refractivity contribution in [2.45, 2.75) is 6.92 Å². The first-order valence-electron chi connectivity index (χ1n) is 10.6. The summed E-state index contributed by atoms with van der Waals surface area (Å²) >= 11 is 0. The van der Waals surface area contributed by atoms with Crippen LogP contribution in [0.5, 0.6) is 0 Å². The number of fused-ring (bicyclic) bond motifs is 1. The topological polar surface area (TPSA) is 86.5 Å². The summed E-state index contributed by atoms with van der Waals surface area (Å²) < 4.78 is 11.3. The Labute approximate surface area is 186 Å². The van der Waals surface area contributed by atoms with Crippen molar-refractivity contribution in [3.63, 3.8) is 0 Å². The standard InChI is InChI=1S/C26H24N4O2/c1-17-7-9-20(10-8-17)24(27)22(13-28-12-18-14-31-15-18)25-21-11-23(19-5-3-2-4-6-19)32-26(21)30-16-29-25/h2-11,13,16,18H,12,14-15,27H2,1H3/b24-22+,28-13?. The quantitative estimate of drug-likeness (QED) is 0.452. The Morgan fingerprint density at radius 3 is 2.59 bits per heavy atom. The van der Waals surface area contributed by atoms with Crippen LogP contribution in [0.15, 0.2) is 76.4 Å². The van der Waals surface area contributed by atoms with Crippen LogP contribution in [-0.2, 0) is 4.74 Å². The zero-order valence-corrected chi connectivity index (χ0v) is 17.9. The SMILES string of the molecule is Cc1ccc(/C(N)=C(/C=NCC2COC2)c2ncnc3oc(-c4ccccc4)cc23)cc1. The van der Waals surface area contributed by atoms with Gasteiger partial charge in [-0.3, -0.25) is 4.99 Å². The Hall–Kier alpha value is -3.77. The van der Waals surface area contributed by atoms with Gasteiger partial charge in [-0.2, -0.15) is 0 Å². The van der Waals surface area contributed by atoms with Crippen molar-refractivity contribution in [2.24, 2.45) is 16.6 Å². The summed E-state index contributed by atoms with van der Waals surface area (Å²) in [6.45, 7) is 4.25. The number of allylic oxidation sites excluding steroid dienone is 1. The molecule has 2 N–H and O–H groups in total. The van der Waals surface area contributed by atoms with Gasteiger partial charge in [0.05, 0.1) is 24.3 Å². The van der Waals surface area contributed by atoms with Crippen molar-refractivity contribution >= 4 is 28.6 Å². The summed E-state index contributed by atoms with van der Waals surface area (Å²) in [5.41, 5.74) is 12.3. The average molecular weight is 425 g/mol. The number of nitrogens with two attached hydrogens (primary N) is 1. The molecular formula is C26H24N4O2. The number of aromatic nitrogens is 2. The molecule has 0 atom stereocenters. The largest absolute Gasteiger partial charge is 0.438 e.